The minimum absolute atomic E-state index is 0.0579. The van der Waals surface area contributed by atoms with E-state index in [1.807, 2.05) is 13.8 Å². The summed E-state index contributed by atoms with van der Waals surface area (Å²) in [6.07, 6.45) is 8.20. The number of hydrogen-bond donors (Lipinski definition) is 17. The average Bonchev–Trinajstić information content (AvgIpc) is 2.23. The molecule has 3 aromatic heterocycles. The number of aliphatic hydroxyl groups is 1. The van der Waals surface area contributed by atoms with Crippen LogP contribution in [0.1, 0.15) is 88.2 Å². The number of phenolic OH excluding ortho intramolecular Hbond substituents is 1. The van der Waals surface area contributed by atoms with Crippen molar-refractivity contribution >= 4 is 75.9 Å². The number of fused-ring (bicyclic) bond motifs is 1. The number of carbonyl (C=O) groups is 10. The Morgan fingerprint density at radius 1 is 0.685 bits per heavy atom. The summed E-state index contributed by atoms with van der Waals surface area (Å²) in [5, 5.41) is 56.0. The highest BCUT2D eigenvalue weighted by Crippen LogP contribution is 2.22. The predicted octanol–water partition coefficient (Wildman–Crippen LogP) is -2.31. The molecular weight excluding hydrogens is 1150 g/mol. The maximum absolute atomic E-state index is 14.8. The van der Waals surface area contributed by atoms with Crippen molar-refractivity contribution in [1.29, 1.82) is 5.41 Å². The van der Waals surface area contributed by atoms with E-state index in [9.17, 15) is 58.2 Å². The zero-order valence-corrected chi connectivity index (χ0v) is 49.8. The number of amides is 10. The summed E-state index contributed by atoms with van der Waals surface area (Å²) in [5.74, 6) is -7.84. The van der Waals surface area contributed by atoms with E-state index in [1.54, 1.807) is 37.4 Å². The summed E-state index contributed by atoms with van der Waals surface area (Å²) in [4.78, 5) is 159. The van der Waals surface area contributed by atoms with Gasteiger partial charge in [-0.05, 0) is 80.7 Å². The second-order valence-electron chi connectivity index (χ2n) is 22.4. The monoisotopic (exact) mass is 1230 g/mol. The van der Waals surface area contributed by atoms with Crippen molar-refractivity contribution in [2.75, 3.05) is 26.2 Å². The van der Waals surface area contributed by atoms with Crippen molar-refractivity contribution in [2.24, 2.45) is 11.7 Å². The number of nitrogens with one attached hydrogen (secondary N) is 14. The Morgan fingerprint density at radius 2 is 1.25 bits per heavy atom. The fourth-order valence-electron chi connectivity index (χ4n) is 10.6. The molecule has 5 aromatic rings. The second kappa shape index (κ2) is 32.2. The van der Waals surface area contributed by atoms with Gasteiger partial charge >= 0.3 is 0 Å². The quantitative estimate of drug-likeness (QED) is 0.0122. The standard InChI is InChI=1S/C59H80N18O12/c1-4-64-57(88)48-12-8-20-77(48)58(89)41(11-7-19-65-59(60)61)70-51(82)42(21-32(2)3)71-54(85)46(25-36-28-63-31-68-36)75-52(83)43(22-33-13-15-37(79)16-14-33)72-56(87)47(29-78)76-53(84)44(23-34-26-66-39-10-6-5-9-38(34)39)73-55(86)45(24-35-27-62-30-67-35)74-50(81)40-17-18-49(80)69-40/h5-6,9-10,13-16,26-28,30-32,40-48,66,78-79H,4,7-8,11-12,17-25,29H2,1-3H3,(H,62,67)(H,63,68)(H,64,88)(H,69,80)(H,70,82)(H,71,85)(H,72,87)(H,73,86)(H,74,81)(H,75,83)(H,76,84)(H4,60,61,65)/t40-,41-,42-,43-,44-,45-,46+,47-,48-/m0/s1. The van der Waals surface area contributed by atoms with Crippen LogP contribution in [0.15, 0.2) is 79.8 Å². The number of H-pyrrole nitrogens is 3. The molecule has 0 bridgehead atoms. The number of imidazole rings is 2. The van der Waals surface area contributed by atoms with Crippen molar-refractivity contribution in [1.82, 2.24) is 83.0 Å². The number of aromatic amines is 3. The Bertz CT molecular complexity index is 3260. The van der Waals surface area contributed by atoms with Crippen molar-refractivity contribution in [3.8, 4) is 5.75 Å². The largest absolute Gasteiger partial charge is 0.508 e. The molecule has 478 valence electrons. The number of rotatable bonds is 32. The number of aromatic hydroxyl groups is 1. The van der Waals surface area contributed by atoms with E-state index in [0.717, 1.165) is 0 Å². The minimum Gasteiger partial charge on any atom is -0.508 e. The van der Waals surface area contributed by atoms with Gasteiger partial charge in [0.2, 0.25) is 59.1 Å². The Morgan fingerprint density at radius 3 is 1.82 bits per heavy atom. The number of carbonyl (C=O) groups excluding carboxylic acids is 10. The first-order chi connectivity index (χ1) is 42.7. The van der Waals surface area contributed by atoms with E-state index >= 15 is 0 Å². The van der Waals surface area contributed by atoms with Gasteiger partial charge in [0.25, 0.3) is 0 Å². The highest BCUT2D eigenvalue weighted by Gasteiger charge is 2.40. The number of aromatic nitrogens is 5. The van der Waals surface area contributed by atoms with Gasteiger partial charge in [0.05, 0.1) is 30.6 Å². The van der Waals surface area contributed by atoms with Gasteiger partial charge in [0.1, 0.15) is 60.1 Å². The lowest BCUT2D eigenvalue weighted by atomic mass is 10.0. The molecule has 10 amide bonds. The molecule has 2 saturated heterocycles. The number of likely N-dealkylation sites (tertiary alicyclic amines) is 1. The zero-order valence-electron chi connectivity index (χ0n) is 49.8. The minimum atomic E-state index is -1.78. The molecule has 2 fully saturated rings. The summed E-state index contributed by atoms with van der Waals surface area (Å²) in [6.45, 7) is 5.15. The molecule has 5 heterocycles. The molecule has 2 aromatic carbocycles. The molecular formula is C59H80N18O12. The Kier molecular flexibility index (Phi) is 24.1. The molecule has 30 heteroatoms. The number of phenols is 1. The van der Waals surface area contributed by atoms with Gasteiger partial charge in [-0.1, -0.05) is 44.2 Å². The summed E-state index contributed by atoms with van der Waals surface area (Å²) in [6, 6.07) is 1.05. The maximum Gasteiger partial charge on any atom is 0.245 e. The van der Waals surface area contributed by atoms with E-state index < -0.39 is 108 Å². The normalized spacial score (nSPS) is 17.0. The number of aliphatic hydroxyl groups excluding tert-OH is 1. The molecule has 89 heavy (non-hydrogen) atoms. The number of para-hydroxylation sites is 1. The highest BCUT2D eigenvalue weighted by molar-refractivity contribution is 5.99. The van der Waals surface area contributed by atoms with E-state index in [1.165, 1.54) is 54.2 Å². The van der Waals surface area contributed by atoms with Crippen molar-refractivity contribution in [3.63, 3.8) is 0 Å². The van der Waals surface area contributed by atoms with Gasteiger partial charge in [-0.15, -0.1) is 0 Å². The van der Waals surface area contributed by atoms with Crippen LogP contribution in [0.4, 0.5) is 0 Å². The van der Waals surface area contributed by atoms with Crippen LogP contribution in [0.3, 0.4) is 0 Å². The first-order valence-electron chi connectivity index (χ1n) is 29.7. The fraction of sp³-hybridized carbons (Fsp3) is 0.475. The van der Waals surface area contributed by atoms with Crippen LogP contribution in [0.5, 0.6) is 5.75 Å². The molecule has 18 N–H and O–H groups in total. The average molecular weight is 1230 g/mol. The third kappa shape index (κ3) is 19.3. The molecule has 0 unspecified atom stereocenters. The van der Waals surface area contributed by atoms with Crippen LogP contribution in [-0.2, 0) is 73.6 Å². The van der Waals surface area contributed by atoms with Gasteiger partial charge in [0, 0.05) is 81.2 Å². The van der Waals surface area contributed by atoms with E-state index in [2.05, 4.69) is 78.1 Å². The SMILES string of the molecule is CCNC(=O)[C@@H]1CCCN1C(=O)[C@H](CCCNC(=N)N)NC(=O)[C@H](CC(C)C)NC(=O)[C@@H](Cc1c[nH]cn1)NC(=O)[C@H](Cc1ccc(O)cc1)NC(=O)[C@H](CO)NC(=O)[C@H](Cc1c[nH]c2ccccc12)NC(=O)[C@H](Cc1c[nH]cn1)NC(=O)[C@@H]1CCC(=O)N1. The third-order valence-electron chi connectivity index (χ3n) is 15.2. The van der Waals surface area contributed by atoms with Crippen molar-refractivity contribution < 1.29 is 58.2 Å². The lowest BCUT2D eigenvalue weighted by molar-refractivity contribution is -0.142. The number of nitrogens with zero attached hydrogens (tertiary/aromatic N) is 3. The van der Waals surface area contributed by atoms with Crippen LogP contribution in [0.2, 0.25) is 0 Å². The lowest BCUT2D eigenvalue weighted by Crippen LogP contribution is -2.61. The first-order valence-corrected chi connectivity index (χ1v) is 29.7. The third-order valence-corrected chi connectivity index (χ3v) is 15.2. The van der Waals surface area contributed by atoms with Crippen LogP contribution in [0, 0.1) is 11.3 Å². The van der Waals surface area contributed by atoms with Crippen LogP contribution < -0.4 is 58.9 Å². The molecule has 0 radical (unpaired) electrons. The van der Waals surface area contributed by atoms with Crippen molar-refractivity contribution in [2.45, 2.75) is 146 Å². The fourth-order valence-corrected chi connectivity index (χ4v) is 10.6. The topological polar surface area (TPSA) is 458 Å². The summed E-state index contributed by atoms with van der Waals surface area (Å²) in [7, 11) is 0. The van der Waals surface area contributed by atoms with E-state index in [4.69, 9.17) is 11.1 Å². The molecule has 2 aliphatic heterocycles. The number of likely N-dealkylation sites (N-methyl/N-ethyl adjacent to an activating group) is 1. The highest BCUT2D eigenvalue weighted by atomic mass is 16.3. The molecule has 0 aliphatic carbocycles. The predicted molar refractivity (Wildman–Crippen MR) is 322 cm³/mol. The maximum atomic E-state index is 14.8. The molecule has 0 saturated carbocycles. The lowest BCUT2D eigenvalue weighted by Gasteiger charge is -2.30. The Labute approximate surface area is 512 Å². The van der Waals surface area contributed by atoms with Crippen LogP contribution >= 0.6 is 0 Å². The molecule has 2 aliphatic rings. The number of hydrogen-bond acceptors (Lipinski definition) is 15. The summed E-state index contributed by atoms with van der Waals surface area (Å²) in [5.41, 5.74) is 7.88. The Balaban J connectivity index is 1.12. The van der Waals surface area contributed by atoms with Gasteiger partial charge < -0.3 is 89.0 Å². The van der Waals surface area contributed by atoms with E-state index in [-0.39, 0.29) is 100 Å². The zero-order chi connectivity index (χ0) is 64.1. The first kappa shape index (κ1) is 66.7. The molecule has 7 rings (SSSR count). The summed E-state index contributed by atoms with van der Waals surface area (Å²) < 4.78 is 0. The Hall–Kier alpha value is -9.87. The van der Waals surface area contributed by atoms with Crippen LogP contribution in [0.25, 0.3) is 10.9 Å². The second-order valence-corrected chi connectivity index (χ2v) is 22.4. The van der Waals surface area contributed by atoms with Gasteiger partial charge in [-0.3, -0.25) is 53.4 Å². The van der Waals surface area contributed by atoms with Gasteiger partial charge in [-0.25, -0.2) is 9.97 Å². The number of guanidine groups is 1. The number of benzene rings is 2. The molecule has 9 atom stereocenters. The number of nitrogens with two attached hydrogens (primary N) is 1. The van der Waals surface area contributed by atoms with Gasteiger partial charge in [-0.2, -0.15) is 0 Å². The summed E-state index contributed by atoms with van der Waals surface area (Å²) >= 11 is 0. The molecule has 30 nitrogen and oxygen atoms in total. The van der Waals surface area contributed by atoms with Crippen molar-refractivity contribution in [3.05, 3.63) is 102 Å². The molecule has 0 spiro atoms. The van der Waals surface area contributed by atoms with E-state index in [0.29, 0.717) is 52.8 Å². The van der Waals surface area contributed by atoms with Crippen LogP contribution in [-0.4, -0.2) is 186 Å². The van der Waals surface area contributed by atoms with Gasteiger partial charge in [0.15, 0.2) is 5.96 Å². The smallest absolute Gasteiger partial charge is 0.245 e.